The van der Waals surface area contributed by atoms with Crippen LogP contribution in [0.3, 0.4) is 0 Å². The molecule has 0 saturated heterocycles. The van der Waals surface area contributed by atoms with Crippen LogP contribution in [0.15, 0.2) is 27.4 Å². The molecule has 1 aliphatic heterocycles. The van der Waals surface area contributed by atoms with Crippen molar-refractivity contribution in [2.24, 2.45) is 0 Å². The largest absolute Gasteiger partial charge is 0.207 e. The Morgan fingerprint density at radius 2 is 2.00 bits per heavy atom. The highest BCUT2D eigenvalue weighted by Crippen LogP contribution is 2.61. The van der Waals surface area contributed by atoms with Crippen molar-refractivity contribution in [3.8, 4) is 0 Å². The Morgan fingerprint density at radius 1 is 1.27 bits per heavy atom. The highest BCUT2D eigenvalue weighted by atomic mass is 79.9. The quantitative estimate of drug-likeness (QED) is 0.685. The first-order valence-corrected chi connectivity index (χ1v) is 7.26. The number of halogens is 2. The molecular formula is C11H8BrFS2. The standard InChI is InChI=1S/C11H8BrFS2/c12-9-6-8(13)5-7-1-2-11(10(7)9)14-3-4-15-11/h3-6H,1-2H2. The van der Waals surface area contributed by atoms with E-state index >= 15 is 0 Å². The summed E-state index contributed by atoms with van der Waals surface area (Å²) in [5.41, 5.74) is 2.44. The Hall–Kier alpha value is 0.0700. The lowest BCUT2D eigenvalue weighted by molar-refractivity contribution is 0.625. The van der Waals surface area contributed by atoms with Crippen LogP contribution in [-0.2, 0) is 10.5 Å². The Balaban J connectivity index is 2.17. The van der Waals surface area contributed by atoms with Crippen LogP contribution in [0.4, 0.5) is 4.39 Å². The number of hydrogen-bond donors (Lipinski definition) is 0. The second kappa shape index (κ2) is 3.54. The number of rotatable bonds is 0. The zero-order valence-electron chi connectivity index (χ0n) is 7.80. The second-order valence-corrected chi connectivity index (χ2v) is 7.20. The molecule has 78 valence electrons. The van der Waals surface area contributed by atoms with Crippen LogP contribution in [0, 0.1) is 5.82 Å². The maximum absolute atomic E-state index is 13.2. The van der Waals surface area contributed by atoms with Gasteiger partial charge in [-0.1, -0.05) is 15.9 Å². The van der Waals surface area contributed by atoms with E-state index in [0.717, 1.165) is 22.9 Å². The molecule has 0 nitrogen and oxygen atoms in total. The van der Waals surface area contributed by atoms with Gasteiger partial charge in [0.1, 0.15) is 5.82 Å². The third-order valence-corrected chi connectivity index (χ3v) is 6.31. The summed E-state index contributed by atoms with van der Waals surface area (Å²) in [6.45, 7) is 0. The first kappa shape index (κ1) is 10.2. The molecule has 3 rings (SSSR count). The molecule has 0 radical (unpaired) electrons. The van der Waals surface area contributed by atoms with Crippen LogP contribution >= 0.6 is 39.5 Å². The summed E-state index contributed by atoms with van der Waals surface area (Å²) in [7, 11) is 0. The van der Waals surface area contributed by atoms with Gasteiger partial charge in [-0.25, -0.2) is 4.39 Å². The molecule has 2 aliphatic rings. The molecular weight excluding hydrogens is 295 g/mol. The summed E-state index contributed by atoms with van der Waals surface area (Å²) < 4.78 is 14.3. The van der Waals surface area contributed by atoms with Crippen LogP contribution in [0.5, 0.6) is 0 Å². The van der Waals surface area contributed by atoms with E-state index in [9.17, 15) is 4.39 Å². The predicted molar refractivity (Wildman–Crippen MR) is 68.4 cm³/mol. The summed E-state index contributed by atoms with van der Waals surface area (Å²) in [6, 6.07) is 3.25. The maximum Gasteiger partial charge on any atom is 0.124 e. The van der Waals surface area contributed by atoms with Crippen molar-refractivity contribution in [1.29, 1.82) is 0 Å². The van der Waals surface area contributed by atoms with Crippen molar-refractivity contribution in [2.45, 2.75) is 16.9 Å². The Labute approximate surface area is 105 Å². The van der Waals surface area contributed by atoms with Crippen LogP contribution in [0.25, 0.3) is 0 Å². The van der Waals surface area contributed by atoms with Gasteiger partial charge in [0.05, 0.1) is 4.08 Å². The van der Waals surface area contributed by atoms with Gasteiger partial charge in [0.25, 0.3) is 0 Å². The van der Waals surface area contributed by atoms with Gasteiger partial charge in [0.15, 0.2) is 0 Å². The average molecular weight is 303 g/mol. The fraction of sp³-hybridized carbons (Fsp3) is 0.273. The molecule has 0 N–H and O–H groups in total. The van der Waals surface area contributed by atoms with Gasteiger partial charge in [-0.05, 0) is 46.9 Å². The lowest BCUT2D eigenvalue weighted by Crippen LogP contribution is -2.10. The van der Waals surface area contributed by atoms with Crippen molar-refractivity contribution in [2.75, 3.05) is 0 Å². The molecule has 1 spiro atoms. The van der Waals surface area contributed by atoms with Crippen LogP contribution in [0.1, 0.15) is 17.5 Å². The fourth-order valence-electron chi connectivity index (χ4n) is 2.21. The minimum Gasteiger partial charge on any atom is -0.207 e. The lowest BCUT2D eigenvalue weighted by atomic mass is 10.1. The van der Waals surface area contributed by atoms with Gasteiger partial charge in [0.2, 0.25) is 0 Å². The average Bonchev–Trinajstić information content (AvgIpc) is 2.76. The smallest absolute Gasteiger partial charge is 0.124 e. The molecule has 1 heterocycles. The molecule has 1 aromatic rings. The van der Waals surface area contributed by atoms with Crippen molar-refractivity contribution < 1.29 is 4.39 Å². The van der Waals surface area contributed by atoms with E-state index in [1.165, 1.54) is 5.56 Å². The number of hydrogen-bond acceptors (Lipinski definition) is 2. The molecule has 0 fully saturated rings. The van der Waals surface area contributed by atoms with Crippen molar-refractivity contribution in [1.82, 2.24) is 0 Å². The number of fused-ring (bicyclic) bond motifs is 2. The maximum atomic E-state index is 13.2. The minimum atomic E-state index is -0.140. The molecule has 0 unspecified atom stereocenters. The summed E-state index contributed by atoms with van der Waals surface area (Å²) >= 11 is 7.18. The van der Waals surface area contributed by atoms with E-state index in [2.05, 4.69) is 26.7 Å². The van der Waals surface area contributed by atoms with Crippen molar-refractivity contribution in [3.63, 3.8) is 0 Å². The van der Waals surface area contributed by atoms with E-state index in [0.29, 0.717) is 0 Å². The van der Waals surface area contributed by atoms with Gasteiger partial charge < -0.3 is 0 Å². The zero-order chi connectivity index (χ0) is 10.5. The highest BCUT2D eigenvalue weighted by molar-refractivity contribution is 9.10. The van der Waals surface area contributed by atoms with Gasteiger partial charge >= 0.3 is 0 Å². The van der Waals surface area contributed by atoms with Gasteiger partial charge in [-0.3, -0.25) is 0 Å². The van der Waals surface area contributed by atoms with Crippen LogP contribution < -0.4 is 0 Å². The molecule has 15 heavy (non-hydrogen) atoms. The van der Waals surface area contributed by atoms with E-state index < -0.39 is 0 Å². The Bertz CT molecular complexity index is 448. The first-order chi connectivity index (χ1) is 7.21. The topological polar surface area (TPSA) is 0 Å². The summed E-state index contributed by atoms with van der Waals surface area (Å²) in [6.07, 6.45) is 2.07. The minimum absolute atomic E-state index is 0.113. The van der Waals surface area contributed by atoms with E-state index in [1.54, 1.807) is 12.1 Å². The Morgan fingerprint density at radius 3 is 2.73 bits per heavy atom. The zero-order valence-corrected chi connectivity index (χ0v) is 11.0. The first-order valence-electron chi connectivity index (χ1n) is 4.70. The van der Waals surface area contributed by atoms with Crippen LogP contribution in [-0.4, -0.2) is 0 Å². The molecule has 0 atom stereocenters. The fourth-order valence-corrected chi connectivity index (χ4v) is 5.89. The van der Waals surface area contributed by atoms with Gasteiger partial charge in [0, 0.05) is 4.47 Å². The molecule has 0 bridgehead atoms. The number of thioether (sulfide) groups is 2. The molecule has 4 heteroatoms. The summed E-state index contributed by atoms with van der Waals surface area (Å²) in [5.74, 6) is -0.140. The third-order valence-electron chi connectivity index (χ3n) is 2.81. The molecule has 0 aromatic heterocycles. The predicted octanol–water partition coefficient (Wildman–Crippen LogP) is 4.64. The van der Waals surface area contributed by atoms with Crippen molar-refractivity contribution in [3.05, 3.63) is 44.4 Å². The highest BCUT2D eigenvalue weighted by Gasteiger charge is 2.42. The van der Waals surface area contributed by atoms with E-state index in [-0.39, 0.29) is 9.90 Å². The third kappa shape index (κ3) is 1.49. The molecule has 0 amide bonds. The van der Waals surface area contributed by atoms with Crippen LogP contribution in [0.2, 0.25) is 0 Å². The van der Waals surface area contributed by atoms with Gasteiger partial charge in [-0.15, -0.1) is 23.5 Å². The molecule has 1 aromatic carbocycles. The van der Waals surface area contributed by atoms with Gasteiger partial charge in [-0.2, -0.15) is 0 Å². The summed E-state index contributed by atoms with van der Waals surface area (Å²) in [5, 5.41) is 4.27. The summed E-state index contributed by atoms with van der Waals surface area (Å²) in [4.78, 5) is 0. The van der Waals surface area contributed by atoms with E-state index in [4.69, 9.17) is 0 Å². The molecule has 1 aliphatic carbocycles. The monoisotopic (exact) mass is 302 g/mol. The number of benzene rings is 1. The second-order valence-electron chi connectivity index (χ2n) is 3.68. The van der Waals surface area contributed by atoms with E-state index in [1.807, 2.05) is 23.5 Å². The normalized spacial score (nSPS) is 21.2. The SMILES string of the molecule is Fc1cc(Br)c2c(c1)CCC21SC=CS1. The lowest BCUT2D eigenvalue weighted by Gasteiger charge is -2.23. The molecule has 0 saturated carbocycles. The number of aryl methyl sites for hydroxylation is 1. The van der Waals surface area contributed by atoms with Crippen molar-refractivity contribution >= 4 is 39.5 Å². The Kier molecular flexibility index (Phi) is 2.41.